The standard InChI is InChI=1S/C19H17BrO/c1-19(2)12-14(11-13-7-9-15(20)10-8-13)18(21)16-5-3-4-6-17(16)19/h3-11H,12H2,1-2H3/b14-11+. The second-order valence-electron chi connectivity index (χ2n) is 6.16. The van der Waals surface area contributed by atoms with Crippen molar-refractivity contribution in [3.8, 4) is 0 Å². The lowest BCUT2D eigenvalue weighted by Crippen LogP contribution is -2.29. The first-order chi connectivity index (χ1) is 9.97. The molecule has 2 aromatic rings. The van der Waals surface area contributed by atoms with Crippen LogP contribution in [0, 0.1) is 0 Å². The Morgan fingerprint density at radius 2 is 1.71 bits per heavy atom. The molecule has 0 amide bonds. The highest BCUT2D eigenvalue weighted by Crippen LogP contribution is 2.39. The van der Waals surface area contributed by atoms with Crippen molar-refractivity contribution >= 4 is 27.8 Å². The van der Waals surface area contributed by atoms with Crippen LogP contribution in [-0.2, 0) is 5.41 Å². The summed E-state index contributed by atoms with van der Waals surface area (Å²) in [6.45, 7) is 4.40. The number of halogens is 1. The minimum atomic E-state index is -0.00823. The van der Waals surface area contributed by atoms with Gasteiger partial charge in [-0.25, -0.2) is 0 Å². The van der Waals surface area contributed by atoms with Crippen LogP contribution in [0.15, 0.2) is 58.6 Å². The smallest absolute Gasteiger partial charge is 0.189 e. The molecule has 0 fully saturated rings. The number of carbonyl (C=O) groups is 1. The molecule has 3 rings (SSSR count). The maximum atomic E-state index is 12.7. The minimum Gasteiger partial charge on any atom is -0.289 e. The molecule has 0 unspecified atom stereocenters. The number of carbonyl (C=O) groups excluding carboxylic acids is 1. The summed E-state index contributed by atoms with van der Waals surface area (Å²) in [5.74, 6) is 0.160. The van der Waals surface area contributed by atoms with Crippen LogP contribution >= 0.6 is 15.9 Å². The summed E-state index contributed by atoms with van der Waals surface area (Å²) in [7, 11) is 0. The van der Waals surface area contributed by atoms with E-state index in [9.17, 15) is 4.79 Å². The number of ketones is 1. The first kappa shape index (κ1) is 14.3. The van der Waals surface area contributed by atoms with Crippen LogP contribution in [0.25, 0.3) is 6.08 Å². The zero-order chi connectivity index (χ0) is 15.0. The Balaban J connectivity index is 2.06. The van der Waals surface area contributed by atoms with Crippen LogP contribution in [-0.4, -0.2) is 5.78 Å². The van der Waals surface area contributed by atoms with Crippen LogP contribution in [0.1, 0.15) is 41.8 Å². The third-order valence-corrected chi connectivity index (χ3v) is 4.56. The van der Waals surface area contributed by atoms with Gasteiger partial charge in [0.25, 0.3) is 0 Å². The van der Waals surface area contributed by atoms with Gasteiger partial charge >= 0.3 is 0 Å². The van der Waals surface area contributed by atoms with Crippen molar-refractivity contribution in [2.75, 3.05) is 0 Å². The van der Waals surface area contributed by atoms with Gasteiger partial charge in [-0.05, 0) is 41.2 Å². The summed E-state index contributed by atoms with van der Waals surface area (Å²) in [5, 5.41) is 0. The largest absolute Gasteiger partial charge is 0.289 e. The van der Waals surface area contributed by atoms with E-state index in [1.807, 2.05) is 48.5 Å². The molecule has 0 saturated carbocycles. The van der Waals surface area contributed by atoms with Gasteiger partial charge in [0.2, 0.25) is 0 Å². The van der Waals surface area contributed by atoms with Crippen molar-refractivity contribution in [1.82, 2.24) is 0 Å². The highest BCUT2D eigenvalue weighted by molar-refractivity contribution is 9.10. The Bertz CT molecular complexity index is 723. The molecule has 0 aliphatic heterocycles. The third kappa shape index (κ3) is 2.73. The highest BCUT2D eigenvalue weighted by atomic mass is 79.9. The fourth-order valence-electron chi connectivity index (χ4n) is 2.97. The van der Waals surface area contributed by atoms with E-state index in [1.165, 1.54) is 0 Å². The van der Waals surface area contributed by atoms with E-state index in [0.717, 1.165) is 33.2 Å². The Morgan fingerprint density at radius 1 is 1.05 bits per heavy atom. The zero-order valence-corrected chi connectivity index (χ0v) is 13.8. The summed E-state index contributed by atoms with van der Waals surface area (Å²) >= 11 is 3.43. The number of fused-ring (bicyclic) bond motifs is 1. The number of hydrogen-bond donors (Lipinski definition) is 0. The van der Waals surface area contributed by atoms with E-state index in [0.29, 0.717) is 0 Å². The molecule has 0 bridgehead atoms. The summed E-state index contributed by atoms with van der Waals surface area (Å²) in [4.78, 5) is 12.7. The summed E-state index contributed by atoms with van der Waals surface area (Å²) in [5.41, 5.74) is 3.95. The maximum Gasteiger partial charge on any atom is 0.189 e. The van der Waals surface area contributed by atoms with Gasteiger partial charge in [0.15, 0.2) is 5.78 Å². The monoisotopic (exact) mass is 340 g/mol. The molecule has 0 radical (unpaired) electrons. The molecule has 0 spiro atoms. The fourth-order valence-corrected chi connectivity index (χ4v) is 3.24. The Labute approximate surface area is 133 Å². The zero-order valence-electron chi connectivity index (χ0n) is 12.2. The van der Waals surface area contributed by atoms with E-state index < -0.39 is 0 Å². The van der Waals surface area contributed by atoms with E-state index in [4.69, 9.17) is 0 Å². The lowest BCUT2D eigenvalue weighted by atomic mass is 9.70. The van der Waals surface area contributed by atoms with Crippen LogP contribution in [0.5, 0.6) is 0 Å². The summed E-state index contributed by atoms with van der Waals surface area (Å²) < 4.78 is 1.05. The van der Waals surface area contributed by atoms with Crippen LogP contribution in [0.2, 0.25) is 0 Å². The Hall–Kier alpha value is -1.67. The molecule has 0 N–H and O–H groups in total. The van der Waals surface area contributed by atoms with Gasteiger partial charge in [-0.2, -0.15) is 0 Å². The topological polar surface area (TPSA) is 17.1 Å². The van der Waals surface area contributed by atoms with Gasteiger partial charge < -0.3 is 0 Å². The lowest BCUT2D eigenvalue weighted by molar-refractivity contribution is 0.101. The van der Waals surface area contributed by atoms with Crippen molar-refractivity contribution in [2.45, 2.75) is 25.7 Å². The van der Waals surface area contributed by atoms with E-state index in [2.05, 4.69) is 35.8 Å². The minimum absolute atomic E-state index is 0.00823. The second kappa shape index (κ2) is 5.27. The molecule has 0 atom stereocenters. The number of benzene rings is 2. The van der Waals surface area contributed by atoms with Gasteiger partial charge in [0.05, 0.1) is 0 Å². The van der Waals surface area contributed by atoms with Crippen molar-refractivity contribution in [3.63, 3.8) is 0 Å². The van der Waals surface area contributed by atoms with Crippen molar-refractivity contribution in [1.29, 1.82) is 0 Å². The van der Waals surface area contributed by atoms with Gasteiger partial charge in [0.1, 0.15) is 0 Å². The van der Waals surface area contributed by atoms with Gasteiger partial charge in [0, 0.05) is 15.6 Å². The number of hydrogen-bond acceptors (Lipinski definition) is 1. The highest BCUT2D eigenvalue weighted by Gasteiger charge is 2.34. The van der Waals surface area contributed by atoms with Crippen molar-refractivity contribution < 1.29 is 4.79 Å². The average molecular weight is 341 g/mol. The summed E-state index contributed by atoms with van der Waals surface area (Å²) in [6, 6.07) is 16.0. The number of Topliss-reactive ketones (excluding diaryl/α,β-unsaturated/α-hetero) is 1. The predicted molar refractivity (Wildman–Crippen MR) is 90.5 cm³/mol. The van der Waals surface area contributed by atoms with Gasteiger partial charge in [-0.3, -0.25) is 4.79 Å². The molecule has 106 valence electrons. The number of allylic oxidation sites excluding steroid dienone is 1. The molecule has 21 heavy (non-hydrogen) atoms. The Kier molecular flexibility index (Phi) is 3.58. The quantitative estimate of drug-likeness (QED) is 0.635. The molecule has 0 heterocycles. The third-order valence-electron chi connectivity index (χ3n) is 4.04. The lowest BCUT2D eigenvalue weighted by Gasteiger charge is -2.33. The van der Waals surface area contributed by atoms with Crippen LogP contribution < -0.4 is 0 Å². The van der Waals surface area contributed by atoms with Crippen LogP contribution in [0.3, 0.4) is 0 Å². The first-order valence-corrected chi connectivity index (χ1v) is 7.87. The maximum absolute atomic E-state index is 12.7. The molecule has 0 aromatic heterocycles. The predicted octanol–water partition coefficient (Wildman–Crippen LogP) is 5.40. The molecule has 1 aliphatic carbocycles. The summed E-state index contributed by atoms with van der Waals surface area (Å²) in [6.07, 6.45) is 2.80. The second-order valence-corrected chi connectivity index (χ2v) is 7.07. The molecular weight excluding hydrogens is 324 g/mol. The first-order valence-electron chi connectivity index (χ1n) is 7.08. The molecule has 2 heteroatoms. The van der Waals surface area contributed by atoms with Gasteiger partial charge in [-0.15, -0.1) is 0 Å². The van der Waals surface area contributed by atoms with E-state index >= 15 is 0 Å². The molecule has 0 saturated heterocycles. The van der Waals surface area contributed by atoms with Crippen LogP contribution in [0.4, 0.5) is 0 Å². The van der Waals surface area contributed by atoms with E-state index in [-0.39, 0.29) is 11.2 Å². The molecule has 1 aliphatic rings. The fraction of sp³-hybridized carbons (Fsp3) is 0.211. The normalized spacial score (nSPS) is 18.6. The SMILES string of the molecule is CC1(C)C/C(=C\c2ccc(Br)cc2)C(=O)c2ccccc21. The Morgan fingerprint density at radius 3 is 2.43 bits per heavy atom. The average Bonchev–Trinajstić information content (AvgIpc) is 2.47. The van der Waals surface area contributed by atoms with E-state index in [1.54, 1.807) is 0 Å². The molecule has 2 aromatic carbocycles. The van der Waals surface area contributed by atoms with Crippen molar-refractivity contribution in [2.24, 2.45) is 0 Å². The number of rotatable bonds is 1. The molecule has 1 nitrogen and oxygen atoms in total. The molecular formula is C19H17BrO. The van der Waals surface area contributed by atoms with Gasteiger partial charge in [-0.1, -0.05) is 66.2 Å². The van der Waals surface area contributed by atoms with Crippen molar-refractivity contribution in [3.05, 3.63) is 75.3 Å².